The van der Waals surface area contributed by atoms with Gasteiger partial charge in [-0.25, -0.2) is 0 Å². The zero-order valence-corrected chi connectivity index (χ0v) is 12.4. The average Bonchev–Trinajstić information content (AvgIpc) is 2.98. The van der Waals surface area contributed by atoms with Gasteiger partial charge >= 0.3 is 0 Å². The lowest BCUT2D eigenvalue weighted by atomic mass is 9.96. The lowest BCUT2D eigenvalue weighted by molar-refractivity contribution is -0.135. The standard InChI is InChI=1S/C17H23N3O/c21-17(15-11-18-16-7-2-1-6-14(15)16)20-10-9-19-8-4-3-5-13(19)12-20/h1-2,6-7,13,15,18H,3-5,8-12H2. The van der Waals surface area contributed by atoms with Crippen LogP contribution in [0.2, 0.25) is 0 Å². The van der Waals surface area contributed by atoms with E-state index in [1.807, 2.05) is 12.1 Å². The molecule has 3 aliphatic rings. The maximum absolute atomic E-state index is 12.9. The first-order valence-electron chi connectivity index (χ1n) is 8.18. The van der Waals surface area contributed by atoms with E-state index in [1.165, 1.54) is 31.4 Å². The summed E-state index contributed by atoms with van der Waals surface area (Å²) in [6, 6.07) is 8.82. The number of amides is 1. The molecule has 2 fully saturated rings. The van der Waals surface area contributed by atoms with E-state index in [-0.39, 0.29) is 5.92 Å². The van der Waals surface area contributed by atoms with E-state index in [0.717, 1.165) is 31.9 Å². The maximum Gasteiger partial charge on any atom is 0.232 e. The van der Waals surface area contributed by atoms with E-state index in [1.54, 1.807) is 0 Å². The molecule has 3 aliphatic heterocycles. The van der Waals surface area contributed by atoms with Crippen molar-refractivity contribution in [3.8, 4) is 0 Å². The molecule has 2 unspecified atom stereocenters. The summed E-state index contributed by atoms with van der Waals surface area (Å²) in [5.74, 6) is 0.328. The minimum absolute atomic E-state index is 0.0105. The van der Waals surface area contributed by atoms with Crippen LogP contribution in [0.1, 0.15) is 30.7 Å². The van der Waals surface area contributed by atoms with Crippen LogP contribution in [0.4, 0.5) is 5.69 Å². The number of piperidine rings is 1. The average molecular weight is 285 g/mol. The van der Waals surface area contributed by atoms with Crippen LogP contribution >= 0.6 is 0 Å². The number of fused-ring (bicyclic) bond motifs is 2. The van der Waals surface area contributed by atoms with E-state index in [2.05, 4.69) is 27.2 Å². The third kappa shape index (κ3) is 2.31. The predicted molar refractivity (Wildman–Crippen MR) is 83.5 cm³/mol. The topological polar surface area (TPSA) is 35.6 Å². The highest BCUT2D eigenvalue weighted by Gasteiger charge is 2.36. The molecular weight excluding hydrogens is 262 g/mol. The summed E-state index contributed by atoms with van der Waals surface area (Å²) in [7, 11) is 0. The van der Waals surface area contributed by atoms with Crippen molar-refractivity contribution in [1.29, 1.82) is 0 Å². The Morgan fingerprint density at radius 1 is 1.14 bits per heavy atom. The van der Waals surface area contributed by atoms with Gasteiger partial charge in [0, 0.05) is 37.9 Å². The zero-order chi connectivity index (χ0) is 14.2. The van der Waals surface area contributed by atoms with Gasteiger partial charge in [-0.1, -0.05) is 24.6 Å². The highest BCUT2D eigenvalue weighted by atomic mass is 16.2. The number of piperazine rings is 1. The molecule has 0 aliphatic carbocycles. The Hall–Kier alpha value is -1.55. The van der Waals surface area contributed by atoms with Gasteiger partial charge in [0.1, 0.15) is 0 Å². The molecule has 0 aromatic heterocycles. The molecule has 0 bridgehead atoms. The monoisotopic (exact) mass is 285 g/mol. The molecule has 0 radical (unpaired) electrons. The summed E-state index contributed by atoms with van der Waals surface area (Å²) in [6.45, 7) is 4.85. The van der Waals surface area contributed by atoms with Crippen molar-refractivity contribution in [1.82, 2.24) is 9.80 Å². The molecule has 0 spiro atoms. The van der Waals surface area contributed by atoms with Gasteiger partial charge in [-0.2, -0.15) is 0 Å². The SMILES string of the molecule is O=C(C1CNc2ccccc21)N1CCN2CCCCC2C1. The Morgan fingerprint density at radius 2 is 2.05 bits per heavy atom. The van der Waals surface area contributed by atoms with Crippen molar-refractivity contribution >= 4 is 11.6 Å². The first-order valence-corrected chi connectivity index (χ1v) is 8.18. The van der Waals surface area contributed by atoms with Crippen LogP contribution in [0.3, 0.4) is 0 Å². The van der Waals surface area contributed by atoms with Gasteiger partial charge < -0.3 is 10.2 Å². The summed E-state index contributed by atoms with van der Waals surface area (Å²) in [5.41, 5.74) is 2.31. The summed E-state index contributed by atoms with van der Waals surface area (Å²) in [4.78, 5) is 17.6. The van der Waals surface area contributed by atoms with Crippen molar-refractivity contribution in [2.45, 2.75) is 31.2 Å². The molecule has 2 atom stereocenters. The molecule has 1 N–H and O–H groups in total. The molecule has 1 amide bonds. The van der Waals surface area contributed by atoms with Crippen LogP contribution in [0, 0.1) is 0 Å². The van der Waals surface area contributed by atoms with Crippen LogP contribution in [0.25, 0.3) is 0 Å². The second-order valence-corrected chi connectivity index (χ2v) is 6.49. The van der Waals surface area contributed by atoms with Gasteiger partial charge in [0.2, 0.25) is 5.91 Å². The largest absolute Gasteiger partial charge is 0.384 e. The fourth-order valence-corrected chi connectivity index (χ4v) is 4.08. The van der Waals surface area contributed by atoms with Crippen molar-refractivity contribution in [3.63, 3.8) is 0 Å². The van der Waals surface area contributed by atoms with Crippen LogP contribution in [0.15, 0.2) is 24.3 Å². The lowest BCUT2D eigenvalue weighted by Crippen LogP contribution is -2.57. The fourth-order valence-electron chi connectivity index (χ4n) is 4.08. The molecule has 1 aromatic carbocycles. The molecule has 21 heavy (non-hydrogen) atoms. The van der Waals surface area contributed by atoms with E-state index in [0.29, 0.717) is 11.9 Å². The Balaban J connectivity index is 1.48. The van der Waals surface area contributed by atoms with Crippen molar-refractivity contribution in [3.05, 3.63) is 29.8 Å². The van der Waals surface area contributed by atoms with E-state index >= 15 is 0 Å². The van der Waals surface area contributed by atoms with Crippen LogP contribution in [-0.2, 0) is 4.79 Å². The Morgan fingerprint density at radius 3 is 3.00 bits per heavy atom. The second kappa shape index (κ2) is 5.34. The summed E-state index contributed by atoms with van der Waals surface area (Å²) in [5, 5.41) is 3.37. The number of hydrogen-bond acceptors (Lipinski definition) is 3. The minimum atomic E-state index is 0.0105. The number of nitrogens with zero attached hydrogens (tertiary/aromatic N) is 2. The van der Waals surface area contributed by atoms with Crippen LogP contribution in [-0.4, -0.2) is 54.5 Å². The van der Waals surface area contributed by atoms with Gasteiger partial charge in [-0.3, -0.25) is 9.69 Å². The van der Waals surface area contributed by atoms with Crippen molar-refractivity contribution in [2.75, 3.05) is 38.0 Å². The van der Waals surface area contributed by atoms with Gasteiger partial charge in [0.25, 0.3) is 0 Å². The van der Waals surface area contributed by atoms with Crippen LogP contribution < -0.4 is 5.32 Å². The quantitative estimate of drug-likeness (QED) is 0.856. The van der Waals surface area contributed by atoms with E-state index in [9.17, 15) is 4.79 Å². The molecule has 2 saturated heterocycles. The molecule has 112 valence electrons. The van der Waals surface area contributed by atoms with E-state index < -0.39 is 0 Å². The van der Waals surface area contributed by atoms with Gasteiger partial charge in [-0.15, -0.1) is 0 Å². The summed E-state index contributed by atoms with van der Waals surface area (Å²) < 4.78 is 0. The first kappa shape index (κ1) is 13.1. The third-order valence-electron chi connectivity index (χ3n) is 5.28. The fraction of sp³-hybridized carbons (Fsp3) is 0.588. The molecule has 4 nitrogen and oxygen atoms in total. The van der Waals surface area contributed by atoms with E-state index in [4.69, 9.17) is 0 Å². The highest BCUT2D eigenvalue weighted by Crippen LogP contribution is 2.33. The number of rotatable bonds is 1. The summed E-state index contributed by atoms with van der Waals surface area (Å²) >= 11 is 0. The van der Waals surface area contributed by atoms with Crippen molar-refractivity contribution in [2.24, 2.45) is 0 Å². The lowest BCUT2D eigenvalue weighted by Gasteiger charge is -2.44. The molecule has 4 heteroatoms. The third-order valence-corrected chi connectivity index (χ3v) is 5.28. The Labute approximate surface area is 126 Å². The number of hydrogen-bond donors (Lipinski definition) is 1. The minimum Gasteiger partial charge on any atom is -0.384 e. The molecule has 3 heterocycles. The number of carbonyl (C=O) groups excluding carboxylic acids is 1. The molecule has 0 saturated carbocycles. The predicted octanol–water partition coefficient (Wildman–Crippen LogP) is 1.89. The number of anilines is 1. The zero-order valence-electron chi connectivity index (χ0n) is 12.4. The number of carbonyl (C=O) groups is 1. The number of benzene rings is 1. The van der Waals surface area contributed by atoms with Gasteiger partial charge in [0.15, 0.2) is 0 Å². The van der Waals surface area contributed by atoms with Crippen LogP contribution in [0.5, 0.6) is 0 Å². The number of nitrogens with one attached hydrogen (secondary N) is 1. The normalized spacial score (nSPS) is 28.7. The number of para-hydroxylation sites is 1. The smallest absolute Gasteiger partial charge is 0.232 e. The van der Waals surface area contributed by atoms with Gasteiger partial charge in [0.05, 0.1) is 5.92 Å². The van der Waals surface area contributed by atoms with Gasteiger partial charge in [-0.05, 0) is 31.0 Å². The Kier molecular flexibility index (Phi) is 3.34. The first-order chi connectivity index (χ1) is 10.3. The highest BCUT2D eigenvalue weighted by molar-refractivity contribution is 5.88. The summed E-state index contributed by atoms with van der Waals surface area (Å²) in [6.07, 6.45) is 3.89. The molecular formula is C17H23N3O. The molecule has 4 rings (SSSR count). The van der Waals surface area contributed by atoms with Crippen molar-refractivity contribution < 1.29 is 4.79 Å². The molecule has 1 aromatic rings. The Bertz CT molecular complexity index is 545. The second-order valence-electron chi connectivity index (χ2n) is 6.49. The maximum atomic E-state index is 12.9.